The molecule has 0 N–H and O–H groups in total. The van der Waals surface area contributed by atoms with Crippen molar-refractivity contribution in [3.05, 3.63) is 52.5 Å². The quantitative estimate of drug-likeness (QED) is 0.702. The summed E-state index contributed by atoms with van der Waals surface area (Å²) in [5.74, 6) is 0. The third kappa shape index (κ3) is 2.26. The molecular formula is C11H9NS. The molecule has 1 nitrogen and oxygen atoms in total. The van der Waals surface area contributed by atoms with Crippen LogP contribution in [0.25, 0.3) is 12.2 Å². The van der Waals surface area contributed by atoms with E-state index in [0.717, 1.165) is 5.69 Å². The van der Waals surface area contributed by atoms with Crippen molar-refractivity contribution in [3.8, 4) is 0 Å². The van der Waals surface area contributed by atoms with E-state index < -0.39 is 0 Å². The van der Waals surface area contributed by atoms with Crippen LogP contribution in [0.5, 0.6) is 0 Å². The van der Waals surface area contributed by atoms with Crippen LogP contribution in [0.15, 0.2) is 41.2 Å². The Balaban J connectivity index is 2.15. The highest BCUT2D eigenvalue weighted by Crippen LogP contribution is 2.09. The fraction of sp³-hybridized carbons (Fsp3) is 0. The molecule has 0 aliphatic carbocycles. The fourth-order valence-electron chi connectivity index (χ4n) is 1.03. The molecule has 0 aliphatic heterocycles. The number of nitrogens with zero attached hydrogens (tertiary/aromatic N) is 1. The summed E-state index contributed by atoms with van der Waals surface area (Å²) in [6.45, 7) is 0. The molecular weight excluding hydrogens is 178 g/mol. The molecule has 0 bridgehead atoms. The second kappa shape index (κ2) is 4.01. The van der Waals surface area contributed by atoms with Gasteiger partial charge in [0.25, 0.3) is 0 Å². The van der Waals surface area contributed by atoms with Crippen LogP contribution in [0, 0.1) is 0 Å². The molecule has 64 valence electrons. The summed E-state index contributed by atoms with van der Waals surface area (Å²) in [5.41, 5.74) is 2.23. The molecule has 0 unspecified atom stereocenters. The van der Waals surface area contributed by atoms with E-state index >= 15 is 0 Å². The lowest BCUT2D eigenvalue weighted by Gasteiger charge is -1.88. The van der Waals surface area contributed by atoms with Crippen molar-refractivity contribution in [2.75, 3.05) is 0 Å². The van der Waals surface area contributed by atoms with Gasteiger partial charge in [-0.1, -0.05) is 12.1 Å². The second-order valence-corrected chi connectivity index (χ2v) is 3.42. The predicted molar refractivity (Wildman–Crippen MR) is 57.5 cm³/mol. The Morgan fingerprint density at radius 1 is 1.15 bits per heavy atom. The standard InChI is InChI=1S/C11H9NS/c1-2-7-12-11(3-1)5-4-10-6-8-13-9-10/h1-9H/b5-4+. The maximum Gasteiger partial charge on any atom is 0.0629 e. The van der Waals surface area contributed by atoms with Gasteiger partial charge in [0.1, 0.15) is 0 Å². The summed E-state index contributed by atoms with van der Waals surface area (Å²) in [5, 5.41) is 4.18. The van der Waals surface area contributed by atoms with Crippen LogP contribution in [0.4, 0.5) is 0 Å². The van der Waals surface area contributed by atoms with Crippen LogP contribution in [-0.4, -0.2) is 4.98 Å². The van der Waals surface area contributed by atoms with Crippen molar-refractivity contribution in [1.82, 2.24) is 4.98 Å². The molecule has 2 rings (SSSR count). The first kappa shape index (κ1) is 8.20. The first-order valence-electron chi connectivity index (χ1n) is 4.06. The summed E-state index contributed by atoms with van der Waals surface area (Å²) in [6.07, 6.45) is 5.88. The van der Waals surface area contributed by atoms with Gasteiger partial charge in [0.05, 0.1) is 5.69 Å². The first-order valence-corrected chi connectivity index (χ1v) is 5.01. The molecule has 2 heterocycles. The highest BCUT2D eigenvalue weighted by atomic mass is 32.1. The van der Waals surface area contributed by atoms with E-state index in [1.54, 1.807) is 17.5 Å². The molecule has 0 aliphatic rings. The Bertz CT molecular complexity index is 376. The van der Waals surface area contributed by atoms with Crippen molar-refractivity contribution in [2.24, 2.45) is 0 Å². The highest BCUT2D eigenvalue weighted by molar-refractivity contribution is 7.08. The van der Waals surface area contributed by atoms with E-state index in [2.05, 4.69) is 27.9 Å². The van der Waals surface area contributed by atoms with Crippen LogP contribution in [0.1, 0.15) is 11.3 Å². The fourth-order valence-corrected chi connectivity index (χ4v) is 1.65. The minimum Gasteiger partial charge on any atom is -0.257 e. The number of thiophene rings is 1. The number of hydrogen-bond donors (Lipinski definition) is 0. The molecule has 13 heavy (non-hydrogen) atoms. The first-order chi connectivity index (χ1) is 6.45. The number of aromatic nitrogens is 1. The van der Waals surface area contributed by atoms with Crippen molar-refractivity contribution < 1.29 is 0 Å². The van der Waals surface area contributed by atoms with Gasteiger partial charge in [-0.15, -0.1) is 0 Å². The zero-order valence-electron chi connectivity index (χ0n) is 7.05. The largest absolute Gasteiger partial charge is 0.257 e. The SMILES string of the molecule is C(=C\c1ccccn1)/c1ccsc1. The normalized spacial score (nSPS) is 10.8. The summed E-state index contributed by atoms with van der Waals surface area (Å²) < 4.78 is 0. The Morgan fingerprint density at radius 3 is 2.85 bits per heavy atom. The van der Waals surface area contributed by atoms with E-state index in [0.29, 0.717) is 0 Å². The lowest BCUT2D eigenvalue weighted by molar-refractivity contribution is 1.30. The van der Waals surface area contributed by atoms with Gasteiger partial charge in [0, 0.05) is 6.20 Å². The Morgan fingerprint density at radius 2 is 2.15 bits per heavy atom. The molecule has 2 aromatic heterocycles. The predicted octanol–water partition coefficient (Wildman–Crippen LogP) is 3.31. The van der Waals surface area contributed by atoms with Crippen molar-refractivity contribution in [2.45, 2.75) is 0 Å². The van der Waals surface area contributed by atoms with Gasteiger partial charge in [-0.2, -0.15) is 11.3 Å². The topological polar surface area (TPSA) is 12.9 Å². The molecule has 0 fully saturated rings. The van der Waals surface area contributed by atoms with Crippen LogP contribution >= 0.6 is 11.3 Å². The van der Waals surface area contributed by atoms with Gasteiger partial charge in [-0.3, -0.25) is 4.98 Å². The van der Waals surface area contributed by atoms with Gasteiger partial charge in [-0.05, 0) is 40.6 Å². The minimum absolute atomic E-state index is 0.994. The summed E-state index contributed by atoms with van der Waals surface area (Å²) in [7, 11) is 0. The molecule has 0 atom stereocenters. The van der Waals surface area contributed by atoms with E-state index in [1.165, 1.54) is 5.56 Å². The zero-order chi connectivity index (χ0) is 8.93. The van der Waals surface area contributed by atoms with Crippen LogP contribution in [0.3, 0.4) is 0 Å². The summed E-state index contributed by atoms with van der Waals surface area (Å²) >= 11 is 1.70. The highest BCUT2D eigenvalue weighted by Gasteiger charge is 1.86. The Kier molecular flexibility index (Phi) is 2.53. The van der Waals surface area contributed by atoms with Crippen LogP contribution < -0.4 is 0 Å². The van der Waals surface area contributed by atoms with Gasteiger partial charge in [0.15, 0.2) is 0 Å². The van der Waals surface area contributed by atoms with Gasteiger partial charge < -0.3 is 0 Å². The monoisotopic (exact) mass is 187 g/mol. The smallest absolute Gasteiger partial charge is 0.0629 e. The van der Waals surface area contributed by atoms with Crippen molar-refractivity contribution in [3.63, 3.8) is 0 Å². The third-order valence-corrected chi connectivity index (χ3v) is 2.38. The van der Waals surface area contributed by atoms with Gasteiger partial charge >= 0.3 is 0 Å². The van der Waals surface area contributed by atoms with E-state index in [4.69, 9.17) is 0 Å². The molecule has 0 radical (unpaired) electrons. The Hall–Kier alpha value is -1.41. The lowest BCUT2D eigenvalue weighted by Crippen LogP contribution is -1.75. The number of hydrogen-bond acceptors (Lipinski definition) is 2. The van der Waals surface area contributed by atoms with Crippen molar-refractivity contribution >= 4 is 23.5 Å². The molecule has 0 saturated carbocycles. The maximum absolute atomic E-state index is 4.19. The second-order valence-electron chi connectivity index (χ2n) is 2.64. The third-order valence-electron chi connectivity index (χ3n) is 1.68. The molecule has 0 aromatic carbocycles. The Labute approximate surface area is 81.4 Å². The maximum atomic E-state index is 4.19. The molecule has 0 saturated heterocycles. The molecule has 2 heteroatoms. The van der Waals surface area contributed by atoms with E-state index in [-0.39, 0.29) is 0 Å². The minimum atomic E-state index is 0.994. The van der Waals surface area contributed by atoms with Crippen molar-refractivity contribution in [1.29, 1.82) is 0 Å². The zero-order valence-corrected chi connectivity index (χ0v) is 7.87. The molecule has 0 amide bonds. The van der Waals surface area contributed by atoms with Gasteiger partial charge in [0.2, 0.25) is 0 Å². The van der Waals surface area contributed by atoms with E-state index in [9.17, 15) is 0 Å². The number of rotatable bonds is 2. The summed E-state index contributed by atoms with van der Waals surface area (Å²) in [4.78, 5) is 4.19. The average Bonchev–Trinajstić information content (AvgIpc) is 2.69. The molecule has 0 spiro atoms. The van der Waals surface area contributed by atoms with Crippen LogP contribution in [0.2, 0.25) is 0 Å². The van der Waals surface area contributed by atoms with Crippen LogP contribution in [-0.2, 0) is 0 Å². The van der Waals surface area contributed by atoms with E-state index in [1.807, 2.05) is 24.3 Å². The van der Waals surface area contributed by atoms with Gasteiger partial charge in [-0.25, -0.2) is 0 Å². The average molecular weight is 187 g/mol. The summed E-state index contributed by atoms with van der Waals surface area (Å²) in [6, 6.07) is 7.98. The number of pyridine rings is 1. The lowest BCUT2D eigenvalue weighted by atomic mass is 10.2. The molecule has 2 aromatic rings.